The van der Waals surface area contributed by atoms with E-state index in [1.807, 2.05) is 20.8 Å². The van der Waals surface area contributed by atoms with Gasteiger partial charge in [-0.25, -0.2) is 0 Å². The fraction of sp³-hybridized carbons (Fsp3) is 0.600. The lowest BCUT2D eigenvalue weighted by Gasteiger charge is -2.00. The van der Waals surface area contributed by atoms with Crippen molar-refractivity contribution in [3.63, 3.8) is 0 Å². The molecule has 78 valence electrons. The zero-order valence-corrected chi connectivity index (χ0v) is 9.00. The first kappa shape index (κ1) is 10.8. The highest BCUT2D eigenvalue weighted by molar-refractivity contribution is 5.94. The Balaban J connectivity index is 2.73. The molecule has 1 amide bonds. The van der Waals surface area contributed by atoms with Gasteiger partial charge in [0.1, 0.15) is 0 Å². The van der Waals surface area contributed by atoms with Gasteiger partial charge in [-0.2, -0.15) is 5.10 Å². The van der Waals surface area contributed by atoms with Crippen molar-refractivity contribution in [2.45, 2.75) is 33.7 Å². The summed E-state index contributed by atoms with van der Waals surface area (Å²) in [6.45, 7) is 7.40. The van der Waals surface area contributed by atoms with Crippen LogP contribution in [0.5, 0.6) is 0 Å². The molecule has 1 rings (SSSR count). The van der Waals surface area contributed by atoms with Crippen molar-refractivity contribution in [2.75, 3.05) is 6.54 Å². The summed E-state index contributed by atoms with van der Waals surface area (Å²) in [5, 5.41) is 7.05. The third-order valence-corrected chi connectivity index (χ3v) is 2.05. The second-order valence-corrected chi connectivity index (χ2v) is 3.24. The van der Waals surface area contributed by atoms with Gasteiger partial charge < -0.3 is 5.32 Å². The average molecular weight is 195 g/mol. The van der Waals surface area contributed by atoms with Gasteiger partial charge in [0.2, 0.25) is 0 Å². The van der Waals surface area contributed by atoms with E-state index < -0.39 is 0 Å². The molecule has 14 heavy (non-hydrogen) atoms. The van der Waals surface area contributed by atoms with Crippen LogP contribution >= 0.6 is 0 Å². The van der Waals surface area contributed by atoms with Crippen molar-refractivity contribution in [2.24, 2.45) is 0 Å². The minimum Gasteiger partial charge on any atom is -0.352 e. The van der Waals surface area contributed by atoms with Crippen LogP contribution in [-0.2, 0) is 6.54 Å². The Morgan fingerprint density at radius 1 is 1.57 bits per heavy atom. The lowest BCUT2D eigenvalue weighted by molar-refractivity contribution is 0.0953. The van der Waals surface area contributed by atoms with Crippen molar-refractivity contribution in [1.29, 1.82) is 0 Å². The summed E-state index contributed by atoms with van der Waals surface area (Å²) in [6, 6.07) is 0. The largest absolute Gasteiger partial charge is 0.352 e. The fourth-order valence-electron chi connectivity index (χ4n) is 1.24. The van der Waals surface area contributed by atoms with Gasteiger partial charge in [-0.1, -0.05) is 6.92 Å². The van der Waals surface area contributed by atoms with Crippen molar-refractivity contribution in [1.82, 2.24) is 15.1 Å². The van der Waals surface area contributed by atoms with Crippen molar-refractivity contribution in [3.8, 4) is 0 Å². The van der Waals surface area contributed by atoms with Crippen molar-refractivity contribution in [3.05, 3.63) is 17.5 Å². The second-order valence-electron chi connectivity index (χ2n) is 3.24. The molecule has 1 aromatic rings. The molecule has 0 aromatic carbocycles. The first-order valence-corrected chi connectivity index (χ1v) is 5.01. The Morgan fingerprint density at radius 3 is 2.79 bits per heavy atom. The third-order valence-electron chi connectivity index (χ3n) is 2.05. The van der Waals surface area contributed by atoms with Gasteiger partial charge in [0.05, 0.1) is 11.3 Å². The van der Waals surface area contributed by atoms with Crippen LogP contribution in [0.4, 0.5) is 0 Å². The van der Waals surface area contributed by atoms with Crippen molar-refractivity contribution >= 4 is 5.91 Å². The Labute approximate surface area is 84.3 Å². The number of rotatable bonds is 4. The summed E-state index contributed by atoms with van der Waals surface area (Å²) in [6.07, 6.45) is 2.74. The summed E-state index contributed by atoms with van der Waals surface area (Å²) in [7, 11) is 0. The number of nitrogens with one attached hydrogen (secondary N) is 1. The molecular formula is C10H17N3O. The topological polar surface area (TPSA) is 46.9 Å². The lowest BCUT2D eigenvalue weighted by atomic mass is 10.2. The number of aryl methyl sites for hydroxylation is 2. The van der Waals surface area contributed by atoms with Gasteiger partial charge in [-0.3, -0.25) is 9.48 Å². The normalized spacial score (nSPS) is 10.2. The smallest absolute Gasteiger partial charge is 0.254 e. The molecule has 0 saturated carbocycles. The summed E-state index contributed by atoms with van der Waals surface area (Å²) < 4.78 is 1.77. The summed E-state index contributed by atoms with van der Waals surface area (Å²) in [4.78, 5) is 11.6. The van der Waals surface area contributed by atoms with Crippen LogP contribution in [0.15, 0.2) is 6.20 Å². The number of aromatic nitrogens is 2. The molecule has 4 heteroatoms. The number of nitrogens with zero attached hydrogens (tertiary/aromatic N) is 2. The van der Waals surface area contributed by atoms with Gasteiger partial charge in [0.25, 0.3) is 5.91 Å². The lowest BCUT2D eigenvalue weighted by Crippen LogP contribution is -2.24. The molecular weight excluding hydrogens is 178 g/mol. The third kappa shape index (κ3) is 2.34. The summed E-state index contributed by atoms with van der Waals surface area (Å²) in [5.41, 5.74) is 1.47. The van der Waals surface area contributed by atoms with Crippen LogP contribution in [-0.4, -0.2) is 22.2 Å². The van der Waals surface area contributed by atoms with Crippen LogP contribution in [0.25, 0.3) is 0 Å². The molecule has 0 saturated heterocycles. The highest BCUT2D eigenvalue weighted by atomic mass is 16.1. The Hall–Kier alpha value is -1.32. The highest BCUT2D eigenvalue weighted by Gasteiger charge is 2.11. The molecule has 0 spiro atoms. The van der Waals surface area contributed by atoms with E-state index >= 15 is 0 Å². The molecule has 1 heterocycles. The van der Waals surface area contributed by atoms with E-state index in [0.717, 1.165) is 25.2 Å². The van der Waals surface area contributed by atoms with E-state index in [1.54, 1.807) is 10.9 Å². The first-order chi connectivity index (χ1) is 6.69. The maximum Gasteiger partial charge on any atom is 0.254 e. The minimum atomic E-state index is -0.0240. The Bertz CT molecular complexity index is 317. The molecule has 0 aliphatic heterocycles. The van der Waals surface area contributed by atoms with E-state index in [1.165, 1.54) is 0 Å². The monoisotopic (exact) mass is 195 g/mol. The van der Waals surface area contributed by atoms with E-state index in [0.29, 0.717) is 5.56 Å². The van der Waals surface area contributed by atoms with Gasteiger partial charge in [0.15, 0.2) is 0 Å². The Kier molecular flexibility index (Phi) is 3.68. The van der Waals surface area contributed by atoms with E-state index in [-0.39, 0.29) is 5.91 Å². The standard InChI is InChI=1S/C10H17N3O/c1-4-6-11-10(14)9-7-13(5-2)12-8(9)3/h7H,4-6H2,1-3H3,(H,11,14). The first-order valence-electron chi connectivity index (χ1n) is 5.01. The molecule has 0 fully saturated rings. The quantitative estimate of drug-likeness (QED) is 0.788. The zero-order chi connectivity index (χ0) is 10.6. The molecule has 4 nitrogen and oxygen atoms in total. The highest BCUT2D eigenvalue weighted by Crippen LogP contribution is 2.05. The van der Waals surface area contributed by atoms with Crippen LogP contribution in [0.3, 0.4) is 0 Å². The zero-order valence-electron chi connectivity index (χ0n) is 9.00. The van der Waals surface area contributed by atoms with Gasteiger partial charge in [0, 0.05) is 19.3 Å². The molecule has 1 N–H and O–H groups in total. The Morgan fingerprint density at radius 2 is 2.29 bits per heavy atom. The maximum absolute atomic E-state index is 11.6. The van der Waals surface area contributed by atoms with Crippen LogP contribution in [0.1, 0.15) is 36.3 Å². The number of amides is 1. The molecule has 0 bridgehead atoms. The fourth-order valence-corrected chi connectivity index (χ4v) is 1.24. The second kappa shape index (κ2) is 4.79. The molecule has 1 aromatic heterocycles. The van der Waals surface area contributed by atoms with Gasteiger partial charge >= 0.3 is 0 Å². The number of hydrogen-bond donors (Lipinski definition) is 1. The number of carbonyl (C=O) groups is 1. The molecule has 0 aliphatic rings. The van der Waals surface area contributed by atoms with E-state index in [9.17, 15) is 4.79 Å². The van der Waals surface area contributed by atoms with Crippen LogP contribution in [0, 0.1) is 6.92 Å². The summed E-state index contributed by atoms with van der Waals surface area (Å²) >= 11 is 0. The van der Waals surface area contributed by atoms with Gasteiger partial charge in [-0.05, 0) is 20.3 Å². The summed E-state index contributed by atoms with van der Waals surface area (Å²) in [5.74, 6) is -0.0240. The number of hydrogen-bond acceptors (Lipinski definition) is 2. The van der Waals surface area contributed by atoms with Gasteiger partial charge in [-0.15, -0.1) is 0 Å². The SMILES string of the molecule is CCCNC(=O)c1cn(CC)nc1C. The van der Waals surface area contributed by atoms with Crippen LogP contribution < -0.4 is 5.32 Å². The predicted octanol–water partition coefficient (Wildman–Crippen LogP) is 1.35. The van der Waals surface area contributed by atoms with Crippen molar-refractivity contribution < 1.29 is 4.79 Å². The predicted molar refractivity (Wildman–Crippen MR) is 55.3 cm³/mol. The number of carbonyl (C=O) groups excluding carboxylic acids is 1. The molecule has 0 atom stereocenters. The minimum absolute atomic E-state index is 0.0240. The van der Waals surface area contributed by atoms with E-state index in [2.05, 4.69) is 10.4 Å². The maximum atomic E-state index is 11.6. The molecule has 0 aliphatic carbocycles. The van der Waals surface area contributed by atoms with E-state index in [4.69, 9.17) is 0 Å². The van der Waals surface area contributed by atoms with Crippen LogP contribution in [0.2, 0.25) is 0 Å². The average Bonchev–Trinajstić information content (AvgIpc) is 2.56. The molecule has 0 radical (unpaired) electrons. The molecule has 0 unspecified atom stereocenters.